The molecule has 1 N–H and O–H groups in total. The molecule has 0 atom stereocenters. The number of aryl methyl sites for hydroxylation is 3. The van der Waals surface area contributed by atoms with Gasteiger partial charge in [0.05, 0.1) is 12.2 Å². The summed E-state index contributed by atoms with van der Waals surface area (Å²) in [5.74, 6) is 0.442. The lowest BCUT2D eigenvalue weighted by Crippen LogP contribution is -2.41. The summed E-state index contributed by atoms with van der Waals surface area (Å²) < 4.78 is 1.95. The Morgan fingerprint density at radius 2 is 1.84 bits per heavy atom. The highest BCUT2D eigenvalue weighted by molar-refractivity contribution is 5.95. The number of benzene rings is 1. The highest BCUT2D eigenvalue weighted by Gasteiger charge is 2.28. The summed E-state index contributed by atoms with van der Waals surface area (Å²) in [5, 5.41) is 7.40. The molecular weight excluding hydrogens is 402 g/mol. The Hall–Kier alpha value is -3.48. The first-order chi connectivity index (χ1) is 15.4. The van der Waals surface area contributed by atoms with Crippen molar-refractivity contribution in [2.45, 2.75) is 40.2 Å². The third-order valence-electron chi connectivity index (χ3n) is 5.93. The number of hydrogen-bond donors (Lipinski definition) is 1. The van der Waals surface area contributed by atoms with E-state index in [1.807, 2.05) is 72.8 Å². The molecule has 7 nitrogen and oxygen atoms in total. The van der Waals surface area contributed by atoms with Gasteiger partial charge in [0.25, 0.3) is 5.91 Å². The lowest BCUT2D eigenvalue weighted by atomic mass is 9.95. The average Bonchev–Trinajstić information content (AvgIpc) is 3.11. The summed E-state index contributed by atoms with van der Waals surface area (Å²) in [6, 6.07) is 13.5. The van der Waals surface area contributed by atoms with Gasteiger partial charge in [0.2, 0.25) is 5.91 Å². The van der Waals surface area contributed by atoms with E-state index in [4.69, 9.17) is 0 Å². The molecule has 166 valence electrons. The van der Waals surface area contributed by atoms with Gasteiger partial charge in [-0.25, -0.2) is 4.98 Å². The molecule has 7 heteroatoms. The highest BCUT2D eigenvalue weighted by atomic mass is 16.2. The van der Waals surface area contributed by atoms with E-state index in [2.05, 4.69) is 15.4 Å². The van der Waals surface area contributed by atoms with Crippen molar-refractivity contribution < 1.29 is 9.59 Å². The second-order valence-electron chi connectivity index (χ2n) is 8.56. The molecule has 0 aliphatic carbocycles. The fraction of sp³-hybridized carbons (Fsp3) is 0.360. The number of amides is 2. The van der Waals surface area contributed by atoms with Crippen LogP contribution in [-0.2, 0) is 11.3 Å². The van der Waals surface area contributed by atoms with E-state index in [0.717, 1.165) is 22.5 Å². The Labute approximate surface area is 188 Å². The molecule has 3 heterocycles. The first-order valence-corrected chi connectivity index (χ1v) is 11.0. The van der Waals surface area contributed by atoms with Crippen LogP contribution < -0.4 is 5.32 Å². The van der Waals surface area contributed by atoms with Crippen LogP contribution >= 0.6 is 0 Å². The Morgan fingerprint density at radius 3 is 2.50 bits per heavy atom. The number of aromatic nitrogens is 3. The Bertz CT molecular complexity index is 1110. The van der Waals surface area contributed by atoms with E-state index in [-0.39, 0.29) is 17.7 Å². The van der Waals surface area contributed by atoms with Crippen LogP contribution in [0.4, 0.5) is 5.82 Å². The van der Waals surface area contributed by atoms with Gasteiger partial charge >= 0.3 is 0 Å². The van der Waals surface area contributed by atoms with Crippen molar-refractivity contribution in [2.24, 2.45) is 5.92 Å². The van der Waals surface area contributed by atoms with E-state index < -0.39 is 0 Å². The van der Waals surface area contributed by atoms with E-state index in [0.29, 0.717) is 43.9 Å². The lowest BCUT2D eigenvalue weighted by molar-refractivity contribution is -0.121. The Balaban J connectivity index is 1.34. The van der Waals surface area contributed by atoms with E-state index in [1.54, 1.807) is 6.20 Å². The van der Waals surface area contributed by atoms with Gasteiger partial charge in [0, 0.05) is 36.5 Å². The van der Waals surface area contributed by atoms with E-state index in [9.17, 15) is 9.59 Å². The maximum absolute atomic E-state index is 13.1. The summed E-state index contributed by atoms with van der Waals surface area (Å²) in [4.78, 5) is 31.7. The van der Waals surface area contributed by atoms with Crippen LogP contribution in [-0.4, -0.2) is 44.6 Å². The van der Waals surface area contributed by atoms with Gasteiger partial charge in [-0.2, -0.15) is 5.10 Å². The van der Waals surface area contributed by atoms with Gasteiger partial charge in [-0.05, 0) is 69.0 Å². The zero-order chi connectivity index (χ0) is 22.7. The molecule has 1 aliphatic heterocycles. The highest BCUT2D eigenvalue weighted by Crippen LogP contribution is 2.21. The zero-order valence-electron chi connectivity index (χ0n) is 18.8. The molecule has 0 unspecified atom stereocenters. The van der Waals surface area contributed by atoms with Crippen molar-refractivity contribution in [3.63, 3.8) is 0 Å². The monoisotopic (exact) mass is 431 g/mol. The Kier molecular flexibility index (Phi) is 6.35. The molecule has 0 saturated carbocycles. The molecule has 1 aliphatic rings. The van der Waals surface area contributed by atoms with Crippen LogP contribution in [0.3, 0.4) is 0 Å². The number of pyridine rings is 1. The molecule has 0 spiro atoms. The van der Waals surface area contributed by atoms with Crippen molar-refractivity contribution in [1.29, 1.82) is 0 Å². The number of rotatable bonds is 5. The van der Waals surface area contributed by atoms with Crippen molar-refractivity contribution in [1.82, 2.24) is 19.7 Å². The number of carbonyl (C=O) groups excluding carboxylic acids is 2. The molecular formula is C25H29N5O2. The number of likely N-dealkylation sites (tertiary alicyclic amines) is 1. The van der Waals surface area contributed by atoms with Gasteiger partial charge in [-0.1, -0.05) is 18.2 Å². The predicted molar refractivity (Wildman–Crippen MR) is 123 cm³/mol. The molecule has 0 radical (unpaired) electrons. The number of piperidine rings is 1. The SMILES string of the molecule is Cc1ccc(NC(=O)C2CCN(C(=O)c3cccc(Cn4nc(C)cc4C)c3)CC2)nc1. The molecule has 1 aromatic carbocycles. The standard InChI is InChI=1S/C25H29N5O2/c1-17-7-8-23(26-15-17)27-24(31)21-9-11-29(12-10-21)25(32)22-6-4-5-20(14-22)16-30-19(3)13-18(2)28-30/h4-8,13-15,21H,9-12,16H2,1-3H3,(H,26,27,31). The second-order valence-corrected chi connectivity index (χ2v) is 8.56. The summed E-state index contributed by atoms with van der Waals surface area (Å²) in [7, 11) is 0. The van der Waals surface area contributed by atoms with Crippen LogP contribution in [0.15, 0.2) is 48.7 Å². The molecule has 1 saturated heterocycles. The molecule has 1 fully saturated rings. The fourth-order valence-corrected chi connectivity index (χ4v) is 4.11. The zero-order valence-corrected chi connectivity index (χ0v) is 18.8. The molecule has 4 rings (SSSR count). The minimum Gasteiger partial charge on any atom is -0.339 e. The first kappa shape index (κ1) is 21.7. The van der Waals surface area contributed by atoms with Crippen molar-refractivity contribution in [2.75, 3.05) is 18.4 Å². The third kappa shape index (κ3) is 5.04. The normalized spacial score (nSPS) is 14.4. The van der Waals surface area contributed by atoms with Gasteiger partial charge in [0.15, 0.2) is 0 Å². The van der Waals surface area contributed by atoms with Crippen LogP contribution in [0.2, 0.25) is 0 Å². The molecule has 3 aromatic rings. The molecule has 2 aromatic heterocycles. The quantitative estimate of drug-likeness (QED) is 0.667. The van der Waals surface area contributed by atoms with Crippen LogP contribution in [0.1, 0.15) is 45.7 Å². The summed E-state index contributed by atoms with van der Waals surface area (Å²) >= 11 is 0. The summed E-state index contributed by atoms with van der Waals surface area (Å²) in [6.45, 7) is 7.74. The maximum atomic E-state index is 13.1. The van der Waals surface area contributed by atoms with Crippen LogP contribution in [0.25, 0.3) is 0 Å². The van der Waals surface area contributed by atoms with E-state index in [1.165, 1.54) is 0 Å². The minimum atomic E-state index is -0.112. The third-order valence-corrected chi connectivity index (χ3v) is 5.93. The summed E-state index contributed by atoms with van der Waals surface area (Å²) in [6.07, 6.45) is 3.03. The number of nitrogens with one attached hydrogen (secondary N) is 1. The van der Waals surface area contributed by atoms with Gasteiger partial charge < -0.3 is 10.2 Å². The van der Waals surface area contributed by atoms with Gasteiger partial charge in [0.1, 0.15) is 5.82 Å². The largest absolute Gasteiger partial charge is 0.339 e. The topological polar surface area (TPSA) is 80.1 Å². The van der Waals surface area contributed by atoms with E-state index >= 15 is 0 Å². The van der Waals surface area contributed by atoms with Crippen LogP contribution in [0, 0.1) is 26.7 Å². The average molecular weight is 432 g/mol. The second kappa shape index (κ2) is 9.34. The fourth-order valence-electron chi connectivity index (χ4n) is 4.11. The van der Waals surface area contributed by atoms with Gasteiger partial charge in [-0.15, -0.1) is 0 Å². The smallest absolute Gasteiger partial charge is 0.253 e. The number of nitrogens with zero attached hydrogens (tertiary/aromatic N) is 4. The first-order valence-electron chi connectivity index (χ1n) is 11.0. The van der Waals surface area contributed by atoms with Gasteiger partial charge in [-0.3, -0.25) is 14.3 Å². The summed E-state index contributed by atoms with van der Waals surface area (Å²) in [5.41, 5.74) is 4.85. The molecule has 32 heavy (non-hydrogen) atoms. The van der Waals surface area contributed by atoms with Crippen molar-refractivity contribution in [3.05, 3.63) is 76.7 Å². The number of carbonyl (C=O) groups is 2. The minimum absolute atomic E-state index is 0.0132. The lowest BCUT2D eigenvalue weighted by Gasteiger charge is -2.31. The van der Waals surface area contributed by atoms with Crippen LogP contribution in [0.5, 0.6) is 0 Å². The van der Waals surface area contributed by atoms with Crippen molar-refractivity contribution >= 4 is 17.6 Å². The maximum Gasteiger partial charge on any atom is 0.253 e. The molecule has 2 amide bonds. The molecule has 0 bridgehead atoms. The van der Waals surface area contributed by atoms with Crippen molar-refractivity contribution in [3.8, 4) is 0 Å². The predicted octanol–water partition coefficient (Wildman–Crippen LogP) is 3.74. The number of hydrogen-bond acceptors (Lipinski definition) is 4. The Morgan fingerprint density at radius 1 is 1.06 bits per heavy atom. The number of anilines is 1.